The van der Waals surface area contributed by atoms with E-state index in [1.54, 1.807) is 19.2 Å². The van der Waals surface area contributed by atoms with Crippen LogP contribution in [0.4, 0.5) is 17.6 Å². The third kappa shape index (κ3) is 4.72. The molecule has 1 aliphatic heterocycles. The molecular formula is C25H25ClF4N6O. The number of imidazole rings is 1. The number of benzene rings is 1. The molecule has 0 bridgehead atoms. The van der Waals surface area contributed by atoms with Gasteiger partial charge in [0.15, 0.2) is 5.69 Å². The van der Waals surface area contributed by atoms with Crippen molar-refractivity contribution in [2.24, 2.45) is 0 Å². The Hall–Kier alpha value is -3.34. The Bertz CT molecular complexity index is 1440. The number of halogens is 5. The number of aryl methyl sites for hydroxylation is 2. The zero-order chi connectivity index (χ0) is 26.5. The molecule has 1 aromatic carbocycles. The molecule has 1 aliphatic rings. The molecule has 0 saturated carbocycles. The van der Waals surface area contributed by atoms with Crippen LogP contribution in [0.2, 0.25) is 5.02 Å². The van der Waals surface area contributed by atoms with Gasteiger partial charge in [-0.3, -0.25) is 9.36 Å². The molecule has 4 heterocycles. The quantitative estimate of drug-likeness (QED) is 0.250. The summed E-state index contributed by atoms with van der Waals surface area (Å²) in [5.41, 5.74) is 1.13. The van der Waals surface area contributed by atoms with Gasteiger partial charge in [-0.15, -0.1) is 0 Å². The van der Waals surface area contributed by atoms with E-state index in [0.717, 1.165) is 24.0 Å². The van der Waals surface area contributed by atoms with E-state index in [9.17, 15) is 13.2 Å². The van der Waals surface area contributed by atoms with Crippen molar-refractivity contribution in [1.29, 1.82) is 0 Å². The Balaban J connectivity index is 1.43. The minimum atomic E-state index is -4.62. The van der Waals surface area contributed by atoms with Crippen LogP contribution in [-0.4, -0.2) is 29.1 Å². The van der Waals surface area contributed by atoms with E-state index in [-0.39, 0.29) is 35.8 Å². The molecule has 0 radical (unpaired) electrons. The lowest BCUT2D eigenvalue weighted by molar-refractivity contribution is -0.140. The van der Waals surface area contributed by atoms with Crippen LogP contribution in [0.5, 0.6) is 5.75 Å². The van der Waals surface area contributed by atoms with Crippen LogP contribution in [-0.2, 0) is 19.3 Å². The number of hydrogen-bond donors (Lipinski definition) is 0. The third-order valence-corrected chi connectivity index (χ3v) is 6.60. The molecule has 7 nitrogen and oxygen atoms in total. The van der Waals surface area contributed by atoms with Gasteiger partial charge < -0.3 is 9.30 Å². The average molecular weight is 537 g/mol. The second-order valence-electron chi connectivity index (χ2n) is 9.18. The first-order valence-electron chi connectivity index (χ1n) is 12.0. The first-order valence-corrected chi connectivity index (χ1v) is 12.4. The fourth-order valence-electron chi connectivity index (χ4n) is 4.57. The predicted molar refractivity (Wildman–Crippen MR) is 130 cm³/mol. The van der Waals surface area contributed by atoms with E-state index in [2.05, 4.69) is 10.1 Å². The number of nitrogens with zero attached hydrogens (tertiary/aromatic N) is 6. The minimum Gasteiger partial charge on any atom is -0.484 e. The highest BCUT2D eigenvalue weighted by molar-refractivity contribution is 6.32. The fraction of sp³-hybridized carbons (Fsp3) is 0.400. The Kier molecular flexibility index (Phi) is 6.51. The monoisotopic (exact) mass is 536 g/mol. The summed E-state index contributed by atoms with van der Waals surface area (Å²) in [4.78, 5) is 3.64. The van der Waals surface area contributed by atoms with E-state index in [4.69, 9.17) is 21.4 Å². The van der Waals surface area contributed by atoms with Gasteiger partial charge in [-0.1, -0.05) is 11.6 Å². The molecule has 0 fully saturated rings. The van der Waals surface area contributed by atoms with E-state index in [1.165, 1.54) is 16.7 Å². The molecule has 0 aliphatic carbocycles. The molecule has 0 saturated heterocycles. The Labute approximate surface area is 215 Å². The van der Waals surface area contributed by atoms with Gasteiger partial charge >= 0.3 is 6.18 Å². The summed E-state index contributed by atoms with van der Waals surface area (Å²) in [5.74, 6) is -0.541. The van der Waals surface area contributed by atoms with Gasteiger partial charge in [0.25, 0.3) is 0 Å². The summed E-state index contributed by atoms with van der Waals surface area (Å²) in [6.45, 7) is 6.59. The Morgan fingerprint density at radius 2 is 2.00 bits per heavy atom. The summed E-state index contributed by atoms with van der Waals surface area (Å²) in [6.07, 6.45) is -1.02. The van der Waals surface area contributed by atoms with Crippen LogP contribution in [0.1, 0.15) is 57.1 Å². The maximum Gasteiger partial charge on any atom is 0.434 e. The van der Waals surface area contributed by atoms with Crippen molar-refractivity contribution in [3.8, 4) is 28.5 Å². The lowest BCUT2D eigenvalue weighted by Gasteiger charge is -2.24. The second-order valence-corrected chi connectivity index (χ2v) is 9.59. The van der Waals surface area contributed by atoms with Crippen molar-refractivity contribution in [1.82, 2.24) is 29.1 Å². The number of ether oxygens (including phenoxy) is 1. The molecule has 4 aromatic rings. The van der Waals surface area contributed by atoms with Crippen molar-refractivity contribution < 1.29 is 22.3 Å². The summed E-state index contributed by atoms with van der Waals surface area (Å²) >= 11 is 6.41. The van der Waals surface area contributed by atoms with Crippen LogP contribution in [0, 0.1) is 5.82 Å². The predicted octanol–water partition coefficient (Wildman–Crippen LogP) is 6.94. The Morgan fingerprint density at radius 3 is 2.68 bits per heavy atom. The zero-order valence-corrected chi connectivity index (χ0v) is 21.2. The van der Waals surface area contributed by atoms with Gasteiger partial charge in [-0.2, -0.15) is 23.4 Å². The van der Waals surface area contributed by atoms with Crippen molar-refractivity contribution in [3.05, 3.63) is 58.9 Å². The standard InChI is InChI=1S/C25H25ClF4N6O/c1-4-34-13-22(25(28,29)30)32-24(34)16-8-7-15(10-18(16)27)37-21-6-5-9-35-20(21)11-19(33-35)23-17(26)12-31-36(23)14(2)3/h7-8,10-14,21H,4-6,9H2,1-3H3. The summed E-state index contributed by atoms with van der Waals surface area (Å²) in [6, 6.07) is 6.11. The highest BCUT2D eigenvalue weighted by Crippen LogP contribution is 2.37. The minimum absolute atomic E-state index is 0.0303. The highest BCUT2D eigenvalue weighted by Gasteiger charge is 2.35. The molecule has 1 atom stereocenters. The molecule has 0 spiro atoms. The molecule has 196 valence electrons. The molecule has 0 N–H and O–H groups in total. The second kappa shape index (κ2) is 9.51. The van der Waals surface area contributed by atoms with Crippen LogP contribution < -0.4 is 4.74 Å². The largest absolute Gasteiger partial charge is 0.484 e. The van der Waals surface area contributed by atoms with E-state index >= 15 is 4.39 Å². The van der Waals surface area contributed by atoms with Crippen LogP contribution in [0.25, 0.3) is 22.8 Å². The van der Waals surface area contributed by atoms with Crippen LogP contribution in [0.15, 0.2) is 36.7 Å². The number of hydrogen-bond acceptors (Lipinski definition) is 4. The van der Waals surface area contributed by atoms with Gasteiger partial charge in [0.1, 0.15) is 34.9 Å². The molecular weight excluding hydrogens is 512 g/mol. The third-order valence-electron chi connectivity index (χ3n) is 6.33. The molecule has 0 amide bonds. The average Bonchev–Trinajstić information content (AvgIpc) is 3.55. The molecule has 37 heavy (non-hydrogen) atoms. The summed E-state index contributed by atoms with van der Waals surface area (Å²) < 4.78 is 65.6. The van der Waals surface area contributed by atoms with Crippen molar-refractivity contribution in [2.75, 3.05) is 0 Å². The highest BCUT2D eigenvalue weighted by atomic mass is 35.5. The lowest BCUT2D eigenvalue weighted by atomic mass is 10.1. The topological polar surface area (TPSA) is 62.7 Å². The van der Waals surface area contributed by atoms with Crippen LogP contribution in [0.3, 0.4) is 0 Å². The number of alkyl halides is 3. The summed E-state index contributed by atoms with van der Waals surface area (Å²) in [5, 5.41) is 9.56. The van der Waals surface area contributed by atoms with Crippen molar-refractivity contribution in [2.45, 2.75) is 65.0 Å². The number of rotatable bonds is 6. The maximum atomic E-state index is 15.1. The SMILES string of the molecule is CCn1cc(C(F)(F)F)nc1-c1ccc(OC2CCCn3nc(-c4c(Cl)cnn4C(C)C)cc32)cc1F. The van der Waals surface area contributed by atoms with Gasteiger partial charge in [0.2, 0.25) is 0 Å². The van der Waals surface area contributed by atoms with Gasteiger partial charge in [-0.25, -0.2) is 9.37 Å². The molecule has 1 unspecified atom stereocenters. The first kappa shape index (κ1) is 25.3. The van der Waals surface area contributed by atoms with E-state index in [1.807, 2.05) is 29.3 Å². The van der Waals surface area contributed by atoms with Crippen LogP contribution >= 0.6 is 11.6 Å². The van der Waals surface area contributed by atoms with E-state index in [0.29, 0.717) is 23.7 Å². The number of fused-ring (bicyclic) bond motifs is 1. The smallest absolute Gasteiger partial charge is 0.434 e. The van der Waals surface area contributed by atoms with E-state index < -0.39 is 17.7 Å². The Morgan fingerprint density at radius 1 is 1.22 bits per heavy atom. The molecule has 3 aromatic heterocycles. The fourth-order valence-corrected chi connectivity index (χ4v) is 4.80. The van der Waals surface area contributed by atoms with Crippen molar-refractivity contribution >= 4 is 11.6 Å². The van der Waals surface area contributed by atoms with Crippen molar-refractivity contribution in [3.63, 3.8) is 0 Å². The number of aromatic nitrogens is 6. The lowest BCUT2D eigenvalue weighted by Crippen LogP contribution is -2.20. The zero-order valence-electron chi connectivity index (χ0n) is 20.4. The maximum absolute atomic E-state index is 15.1. The molecule has 12 heteroatoms. The normalized spacial score (nSPS) is 15.9. The van der Waals surface area contributed by atoms with Gasteiger partial charge in [0.05, 0.1) is 22.5 Å². The summed E-state index contributed by atoms with van der Waals surface area (Å²) in [7, 11) is 0. The van der Waals surface area contributed by atoms with Gasteiger partial charge in [0, 0.05) is 31.4 Å². The molecule has 5 rings (SSSR count). The van der Waals surface area contributed by atoms with Gasteiger partial charge in [-0.05, 0) is 51.8 Å². The first-order chi connectivity index (χ1) is 17.6.